The Bertz CT molecular complexity index is 375. The Morgan fingerprint density at radius 3 is 2.62 bits per heavy atom. The molecule has 0 bridgehead atoms. The van der Waals surface area contributed by atoms with Crippen LogP contribution in [0.25, 0.3) is 0 Å². The molecule has 0 fully saturated rings. The van der Waals surface area contributed by atoms with Crippen molar-refractivity contribution in [2.45, 2.75) is 26.2 Å². The first kappa shape index (κ1) is 8.36. The quantitative estimate of drug-likeness (QED) is 0.635. The Labute approximate surface area is 79.5 Å². The van der Waals surface area contributed by atoms with Crippen molar-refractivity contribution in [2.75, 3.05) is 5.32 Å². The van der Waals surface area contributed by atoms with Crippen LogP contribution >= 0.6 is 0 Å². The summed E-state index contributed by atoms with van der Waals surface area (Å²) in [5.74, 6) is 0. The van der Waals surface area contributed by atoms with Gasteiger partial charge in [-0.05, 0) is 24.1 Å². The van der Waals surface area contributed by atoms with Crippen LogP contribution < -0.4 is 5.32 Å². The summed E-state index contributed by atoms with van der Waals surface area (Å²) in [6.45, 7) is 10.6. The fraction of sp³-hybridized carbons (Fsp3) is 0.333. The van der Waals surface area contributed by atoms with Crippen LogP contribution in [0.3, 0.4) is 0 Å². The van der Waals surface area contributed by atoms with Gasteiger partial charge in [0, 0.05) is 16.8 Å². The molecule has 68 valence electrons. The topological polar surface area (TPSA) is 12.0 Å². The van der Waals surface area contributed by atoms with Crippen molar-refractivity contribution < 1.29 is 0 Å². The highest BCUT2D eigenvalue weighted by molar-refractivity contribution is 5.69. The number of allylic oxidation sites excluding steroid dienone is 1. The van der Waals surface area contributed by atoms with E-state index in [1.165, 1.54) is 16.8 Å². The second-order valence-electron chi connectivity index (χ2n) is 4.23. The van der Waals surface area contributed by atoms with Gasteiger partial charge in [-0.15, -0.1) is 0 Å². The van der Waals surface area contributed by atoms with Gasteiger partial charge in [0.2, 0.25) is 0 Å². The van der Waals surface area contributed by atoms with Crippen LogP contribution in [0.5, 0.6) is 0 Å². The van der Waals surface area contributed by atoms with Gasteiger partial charge in [-0.2, -0.15) is 0 Å². The molecule has 1 aliphatic rings. The number of fused-ring (bicyclic) bond motifs is 1. The molecule has 0 saturated heterocycles. The third-order valence-corrected chi connectivity index (χ3v) is 2.94. The first-order chi connectivity index (χ1) is 6.03. The third kappa shape index (κ3) is 0.998. The molecule has 13 heavy (non-hydrogen) atoms. The molecular weight excluding hydrogens is 158 g/mol. The van der Waals surface area contributed by atoms with E-state index in [4.69, 9.17) is 0 Å². The predicted octanol–water partition coefficient (Wildman–Crippen LogP) is 3.21. The Balaban J connectivity index is 2.70. The van der Waals surface area contributed by atoms with Crippen molar-refractivity contribution in [3.8, 4) is 0 Å². The Hall–Kier alpha value is -1.24. The van der Waals surface area contributed by atoms with Crippen molar-refractivity contribution in [1.82, 2.24) is 0 Å². The second kappa shape index (κ2) is 2.38. The maximum Gasteiger partial charge on any atom is 0.0426 e. The minimum atomic E-state index is 0.0701. The average Bonchev–Trinajstić information content (AvgIpc) is 2.24. The molecule has 0 atom stereocenters. The lowest BCUT2D eigenvalue weighted by atomic mass is 9.82. The van der Waals surface area contributed by atoms with E-state index in [9.17, 15) is 0 Å². The van der Waals surface area contributed by atoms with Gasteiger partial charge in [-0.3, -0.25) is 0 Å². The zero-order valence-electron chi connectivity index (χ0n) is 8.44. The van der Waals surface area contributed by atoms with E-state index in [0.29, 0.717) is 0 Å². The summed E-state index contributed by atoms with van der Waals surface area (Å²) in [7, 11) is 0. The Morgan fingerprint density at radius 1 is 1.31 bits per heavy atom. The third-order valence-electron chi connectivity index (χ3n) is 2.94. The summed E-state index contributed by atoms with van der Waals surface area (Å²) >= 11 is 0. The van der Waals surface area contributed by atoms with Gasteiger partial charge in [0.1, 0.15) is 0 Å². The van der Waals surface area contributed by atoms with E-state index >= 15 is 0 Å². The van der Waals surface area contributed by atoms with Crippen LogP contribution in [0, 0.1) is 6.92 Å². The molecule has 1 N–H and O–H groups in total. The van der Waals surface area contributed by atoms with Gasteiger partial charge in [0.15, 0.2) is 0 Å². The van der Waals surface area contributed by atoms with Gasteiger partial charge in [0.05, 0.1) is 0 Å². The maximum atomic E-state index is 4.05. The van der Waals surface area contributed by atoms with E-state index in [-0.39, 0.29) is 5.41 Å². The highest BCUT2D eigenvalue weighted by Gasteiger charge is 2.34. The standard InChI is InChI=1S/C12H15N/c1-8-6-5-7-10-11(8)12(3,4)9(2)13-10/h5-7,13H,2H2,1,3-4H3. The lowest BCUT2D eigenvalue weighted by Gasteiger charge is -2.20. The Morgan fingerprint density at radius 2 is 2.00 bits per heavy atom. The molecule has 0 radical (unpaired) electrons. The maximum absolute atomic E-state index is 4.05. The van der Waals surface area contributed by atoms with Crippen molar-refractivity contribution in [1.29, 1.82) is 0 Å². The van der Waals surface area contributed by atoms with Crippen LogP contribution in [0.1, 0.15) is 25.0 Å². The number of rotatable bonds is 0. The molecule has 0 amide bonds. The summed E-state index contributed by atoms with van der Waals surface area (Å²) in [6, 6.07) is 6.35. The molecule has 1 aliphatic heterocycles. The largest absolute Gasteiger partial charge is 0.358 e. The number of benzene rings is 1. The minimum absolute atomic E-state index is 0.0701. The van der Waals surface area contributed by atoms with Crippen molar-refractivity contribution >= 4 is 5.69 Å². The lowest BCUT2D eigenvalue weighted by Crippen LogP contribution is -2.17. The summed E-state index contributed by atoms with van der Waals surface area (Å²) in [6.07, 6.45) is 0. The van der Waals surface area contributed by atoms with Gasteiger partial charge < -0.3 is 5.32 Å². The van der Waals surface area contributed by atoms with Crippen LogP contribution in [0.2, 0.25) is 0 Å². The molecule has 1 nitrogen and oxygen atoms in total. The summed E-state index contributed by atoms with van der Waals surface area (Å²) < 4.78 is 0. The van der Waals surface area contributed by atoms with Crippen LogP contribution in [0.4, 0.5) is 5.69 Å². The van der Waals surface area contributed by atoms with E-state index in [0.717, 1.165) is 5.70 Å². The molecule has 0 spiro atoms. The summed E-state index contributed by atoms with van der Waals surface area (Å²) in [4.78, 5) is 0. The zero-order chi connectivity index (χ0) is 9.64. The molecule has 0 unspecified atom stereocenters. The highest BCUT2D eigenvalue weighted by atomic mass is 14.9. The lowest BCUT2D eigenvalue weighted by molar-refractivity contribution is 0.652. The summed E-state index contributed by atoms with van der Waals surface area (Å²) in [5.41, 5.74) is 5.11. The smallest absolute Gasteiger partial charge is 0.0426 e. The first-order valence-corrected chi connectivity index (χ1v) is 4.60. The Kier molecular flexibility index (Phi) is 1.53. The van der Waals surface area contributed by atoms with E-state index in [2.05, 4.69) is 50.9 Å². The molecule has 1 heterocycles. The average molecular weight is 173 g/mol. The normalized spacial score (nSPS) is 18.2. The molecular formula is C12H15N. The second-order valence-corrected chi connectivity index (χ2v) is 4.23. The summed E-state index contributed by atoms with van der Waals surface area (Å²) in [5, 5.41) is 3.33. The van der Waals surface area contributed by atoms with Crippen molar-refractivity contribution in [2.24, 2.45) is 0 Å². The highest BCUT2D eigenvalue weighted by Crippen LogP contribution is 2.43. The number of anilines is 1. The van der Waals surface area contributed by atoms with Gasteiger partial charge in [-0.1, -0.05) is 32.6 Å². The number of aryl methyl sites for hydroxylation is 1. The molecule has 1 aromatic rings. The van der Waals surface area contributed by atoms with Crippen LogP contribution in [-0.4, -0.2) is 0 Å². The van der Waals surface area contributed by atoms with E-state index in [1.807, 2.05) is 0 Å². The fourth-order valence-electron chi connectivity index (χ4n) is 2.07. The van der Waals surface area contributed by atoms with Gasteiger partial charge in [-0.25, -0.2) is 0 Å². The number of nitrogens with one attached hydrogen (secondary N) is 1. The molecule has 1 aromatic carbocycles. The molecule has 0 saturated carbocycles. The van der Waals surface area contributed by atoms with E-state index < -0.39 is 0 Å². The monoisotopic (exact) mass is 173 g/mol. The molecule has 1 heteroatoms. The molecule has 0 aromatic heterocycles. The van der Waals surface area contributed by atoms with Gasteiger partial charge in [0.25, 0.3) is 0 Å². The van der Waals surface area contributed by atoms with Crippen LogP contribution in [0.15, 0.2) is 30.5 Å². The van der Waals surface area contributed by atoms with Crippen molar-refractivity contribution in [3.05, 3.63) is 41.6 Å². The molecule has 2 rings (SSSR count). The zero-order valence-corrected chi connectivity index (χ0v) is 8.44. The molecule has 0 aliphatic carbocycles. The first-order valence-electron chi connectivity index (χ1n) is 4.60. The number of hydrogen-bond donors (Lipinski definition) is 1. The predicted molar refractivity (Wildman–Crippen MR) is 57.0 cm³/mol. The minimum Gasteiger partial charge on any atom is -0.358 e. The van der Waals surface area contributed by atoms with Crippen molar-refractivity contribution in [3.63, 3.8) is 0 Å². The number of hydrogen-bond acceptors (Lipinski definition) is 1. The SMILES string of the molecule is C=C1Nc2cccc(C)c2C1(C)C. The van der Waals surface area contributed by atoms with Crippen LogP contribution in [-0.2, 0) is 5.41 Å². The fourth-order valence-corrected chi connectivity index (χ4v) is 2.07. The van der Waals surface area contributed by atoms with Gasteiger partial charge >= 0.3 is 0 Å². The van der Waals surface area contributed by atoms with E-state index in [1.54, 1.807) is 0 Å².